The SMILES string of the molecule is O=C(c1cc(I)ccc1O)N1CCN(C2CNC2)CC1. The van der Waals surface area contributed by atoms with E-state index in [9.17, 15) is 9.90 Å². The van der Waals surface area contributed by atoms with Crippen molar-refractivity contribution in [3.63, 3.8) is 0 Å². The molecule has 0 aliphatic carbocycles. The summed E-state index contributed by atoms with van der Waals surface area (Å²) >= 11 is 2.15. The summed E-state index contributed by atoms with van der Waals surface area (Å²) in [5, 5.41) is 13.1. The van der Waals surface area contributed by atoms with Crippen molar-refractivity contribution in [3.05, 3.63) is 27.3 Å². The summed E-state index contributed by atoms with van der Waals surface area (Å²) in [6.07, 6.45) is 0. The number of piperazine rings is 1. The number of phenolic OH excluding ortho intramolecular Hbond substituents is 1. The normalized spacial score (nSPS) is 20.8. The molecule has 1 amide bonds. The first-order valence-corrected chi connectivity index (χ1v) is 7.95. The fourth-order valence-corrected chi connectivity index (χ4v) is 3.16. The second-order valence-corrected chi connectivity index (χ2v) is 6.55. The Bertz CT molecular complexity index is 511. The molecule has 0 aromatic heterocycles. The van der Waals surface area contributed by atoms with Crippen LogP contribution in [0.5, 0.6) is 5.75 Å². The first kappa shape index (κ1) is 14.1. The van der Waals surface area contributed by atoms with Crippen LogP contribution >= 0.6 is 22.6 Å². The van der Waals surface area contributed by atoms with Crippen LogP contribution in [0.3, 0.4) is 0 Å². The first-order chi connectivity index (χ1) is 9.65. The number of carbonyl (C=O) groups excluding carboxylic acids is 1. The van der Waals surface area contributed by atoms with Crippen LogP contribution in [0.15, 0.2) is 18.2 Å². The van der Waals surface area contributed by atoms with E-state index in [4.69, 9.17) is 0 Å². The van der Waals surface area contributed by atoms with Crippen LogP contribution in [0.1, 0.15) is 10.4 Å². The van der Waals surface area contributed by atoms with Crippen LogP contribution in [0, 0.1) is 3.57 Å². The highest BCUT2D eigenvalue weighted by Gasteiger charge is 2.30. The van der Waals surface area contributed by atoms with Gasteiger partial charge in [-0.15, -0.1) is 0 Å². The topological polar surface area (TPSA) is 55.8 Å². The molecule has 0 atom stereocenters. The van der Waals surface area contributed by atoms with Gasteiger partial charge in [-0.25, -0.2) is 0 Å². The molecule has 0 radical (unpaired) electrons. The van der Waals surface area contributed by atoms with Gasteiger partial charge in [-0.2, -0.15) is 0 Å². The van der Waals surface area contributed by atoms with Gasteiger partial charge in [-0.3, -0.25) is 9.69 Å². The van der Waals surface area contributed by atoms with Crippen LogP contribution < -0.4 is 5.32 Å². The molecule has 6 heteroatoms. The van der Waals surface area contributed by atoms with Gasteiger partial charge < -0.3 is 15.3 Å². The summed E-state index contributed by atoms with van der Waals surface area (Å²) in [6, 6.07) is 5.78. The van der Waals surface area contributed by atoms with Gasteiger partial charge >= 0.3 is 0 Å². The zero-order valence-electron chi connectivity index (χ0n) is 11.2. The van der Waals surface area contributed by atoms with Crippen LogP contribution in [-0.2, 0) is 0 Å². The maximum absolute atomic E-state index is 12.5. The number of nitrogens with one attached hydrogen (secondary N) is 1. The molecule has 1 aromatic carbocycles. The molecule has 0 saturated carbocycles. The summed E-state index contributed by atoms with van der Waals surface area (Å²) in [6.45, 7) is 5.43. The van der Waals surface area contributed by atoms with E-state index in [0.29, 0.717) is 11.6 Å². The Kier molecular flexibility index (Phi) is 4.13. The number of rotatable bonds is 2. The number of amides is 1. The third-order valence-corrected chi connectivity index (χ3v) is 4.74. The molecule has 0 unspecified atom stereocenters. The Balaban J connectivity index is 1.65. The quantitative estimate of drug-likeness (QED) is 0.735. The van der Waals surface area contributed by atoms with Crippen molar-refractivity contribution in [2.75, 3.05) is 39.3 Å². The molecule has 0 bridgehead atoms. The van der Waals surface area contributed by atoms with Crippen molar-refractivity contribution in [2.45, 2.75) is 6.04 Å². The maximum atomic E-state index is 12.5. The fraction of sp³-hybridized carbons (Fsp3) is 0.500. The highest BCUT2D eigenvalue weighted by atomic mass is 127. The van der Waals surface area contributed by atoms with Crippen molar-refractivity contribution >= 4 is 28.5 Å². The number of aromatic hydroxyl groups is 1. The standard InChI is InChI=1S/C14H18IN3O2/c15-10-1-2-13(19)12(7-10)14(20)18-5-3-17(4-6-18)11-8-16-9-11/h1-2,7,11,16,19H,3-6,8-9H2. The Morgan fingerprint density at radius 2 is 1.95 bits per heavy atom. The lowest BCUT2D eigenvalue weighted by atomic mass is 10.1. The molecular weight excluding hydrogens is 369 g/mol. The summed E-state index contributed by atoms with van der Waals surface area (Å²) in [7, 11) is 0. The van der Waals surface area contributed by atoms with Crippen molar-refractivity contribution in [1.29, 1.82) is 0 Å². The number of benzene rings is 1. The molecular formula is C14H18IN3O2. The number of phenols is 1. The molecule has 2 fully saturated rings. The lowest BCUT2D eigenvalue weighted by Crippen LogP contribution is -2.62. The number of hydrogen-bond donors (Lipinski definition) is 2. The molecule has 0 spiro atoms. The summed E-state index contributed by atoms with van der Waals surface area (Å²) < 4.78 is 0.961. The first-order valence-electron chi connectivity index (χ1n) is 6.88. The van der Waals surface area contributed by atoms with Gasteiger partial charge in [0.1, 0.15) is 5.75 Å². The highest BCUT2D eigenvalue weighted by Crippen LogP contribution is 2.22. The summed E-state index contributed by atoms with van der Waals surface area (Å²) in [5.74, 6) is 0.00781. The van der Waals surface area contributed by atoms with Crippen LogP contribution in [0.2, 0.25) is 0 Å². The van der Waals surface area contributed by atoms with E-state index in [2.05, 4.69) is 32.8 Å². The summed E-state index contributed by atoms with van der Waals surface area (Å²) in [4.78, 5) is 16.7. The largest absolute Gasteiger partial charge is 0.507 e. The minimum absolute atomic E-state index is 0.0626. The predicted molar refractivity (Wildman–Crippen MR) is 85.0 cm³/mol. The van der Waals surface area contributed by atoms with Gasteiger partial charge in [-0.05, 0) is 40.8 Å². The van der Waals surface area contributed by atoms with E-state index in [1.54, 1.807) is 18.2 Å². The smallest absolute Gasteiger partial charge is 0.257 e. The monoisotopic (exact) mass is 387 g/mol. The lowest BCUT2D eigenvalue weighted by molar-refractivity contribution is 0.0499. The van der Waals surface area contributed by atoms with Gasteiger partial charge in [0.2, 0.25) is 0 Å². The van der Waals surface area contributed by atoms with Crippen LogP contribution in [0.25, 0.3) is 0 Å². The highest BCUT2D eigenvalue weighted by molar-refractivity contribution is 14.1. The molecule has 2 saturated heterocycles. The number of hydrogen-bond acceptors (Lipinski definition) is 4. The van der Waals surface area contributed by atoms with Gasteiger partial charge in [0, 0.05) is 48.9 Å². The number of nitrogens with zero attached hydrogens (tertiary/aromatic N) is 2. The molecule has 1 aromatic rings. The van der Waals surface area contributed by atoms with Crippen molar-refractivity contribution in [1.82, 2.24) is 15.1 Å². The maximum Gasteiger partial charge on any atom is 0.257 e. The third-order valence-electron chi connectivity index (χ3n) is 4.07. The minimum atomic E-state index is -0.0626. The number of carbonyl (C=O) groups is 1. The van der Waals surface area contributed by atoms with E-state index in [1.807, 2.05) is 4.90 Å². The molecule has 2 N–H and O–H groups in total. The zero-order chi connectivity index (χ0) is 14.1. The van der Waals surface area contributed by atoms with Gasteiger partial charge in [0.05, 0.1) is 5.56 Å². The van der Waals surface area contributed by atoms with E-state index >= 15 is 0 Å². The van der Waals surface area contributed by atoms with Crippen LogP contribution in [0.4, 0.5) is 0 Å². The van der Waals surface area contributed by atoms with Gasteiger partial charge in [0.25, 0.3) is 5.91 Å². The Hall–Kier alpha value is -0.860. The van der Waals surface area contributed by atoms with Crippen LogP contribution in [-0.4, -0.2) is 66.1 Å². The van der Waals surface area contributed by atoms with E-state index < -0.39 is 0 Å². The molecule has 3 rings (SSSR count). The van der Waals surface area contributed by atoms with Gasteiger partial charge in [-0.1, -0.05) is 0 Å². The average Bonchev–Trinajstić information content (AvgIpc) is 2.40. The fourth-order valence-electron chi connectivity index (χ4n) is 2.67. The third kappa shape index (κ3) is 2.77. The number of halogens is 1. The summed E-state index contributed by atoms with van der Waals surface area (Å²) in [5.41, 5.74) is 0.413. The second-order valence-electron chi connectivity index (χ2n) is 5.30. The Labute approximate surface area is 132 Å². The molecule has 2 heterocycles. The lowest BCUT2D eigenvalue weighted by Gasteiger charge is -2.43. The molecule has 20 heavy (non-hydrogen) atoms. The van der Waals surface area contributed by atoms with Gasteiger partial charge in [0.15, 0.2) is 0 Å². The molecule has 108 valence electrons. The van der Waals surface area contributed by atoms with Crippen molar-refractivity contribution in [3.8, 4) is 5.75 Å². The van der Waals surface area contributed by atoms with Crippen molar-refractivity contribution < 1.29 is 9.90 Å². The second kappa shape index (κ2) is 5.87. The van der Waals surface area contributed by atoms with E-state index in [1.165, 1.54) is 0 Å². The predicted octanol–water partition coefficient (Wildman–Crippen LogP) is 0.726. The Morgan fingerprint density at radius 1 is 1.25 bits per heavy atom. The molecule has 2 aliphatic heterocycles. The molecule has 5 nitrogen and oxygen atoms in total. The average molecular weight is 387 g/mol. The van der Waals surface area contributed by atoms with Crippen molar-refractivity contribution in [2.24, 2.45) is 0 Å². The van der Waals surface area contributed by atoms with E-state index in [-0.39, 0.29) is 11.7 Å². The zero-order valence-corrected chi connectivity index (χ0v) is 13.3. The molecule has 2 aliphatic rings. The van der Waals surface area contributed by atoms with E-state index in [0.717, 1.165) is 42.8 Å². The Morgan fingerprint density at radius 3 is 2.55 bits per heavy atom. The minimum Gasteiger partial charge on any atom is -0.507 e.